The van der Waals surface area contributed by atoms with Crippen LogP contribution >= 0.6 is 39.1 Å². The smallest absolute Gasteiger partial charge is 0.133 e. The fourth-order valence-electron chi connectivity index (χ4n) is 1.66. The predicted octanol–water partition coefficient (Wildman–Crippen LogP) is 5.44. The molecule has 0 fully saturated rings. The fraction of sp³-hybridized carbons (Fsp3) is 0.143. The van der Waals surface area contributed by atoms with Gasteiger partial charge in [0.15, 0.2) is 0 Å². The minimum absolute atomic E-state index is 0.204. The third kappa shape index (κ3) is 3.00. The van der Waals surface area contributed by atoms with E-state index in [0.717, 1.165) is 21.3 Å². The van der Waals surface area contributed by atoms with Gasteiger partial charge in [0.2, 0.25) is 0 Å². The zero-order chi connectivity index (χ0) is 13.1. The Morgan fingerprint density at radius 2 is 1.67 bits per heavy atom. The molecular formula is C14H11BrCl2O. The Labute approximate surface area is 125 Å². The summed E-state index contributed by atoms with van der Waals surface area (Å²) in [6.07, 6.45) is 0. The molecule has 0 saturated heterocycles. The van der Waals surface area contributed by atoms with Gasteiger partial charge in [-0.3, -0.25) is 0 Å². The molecule has 0 aliphatic carbocycles. The largest absolute Gasteiger partial charge is 0.496 e. The first kappa shape index (κ1) is 13.7. The number of alkyl halides is 1. The highest BCUT2D eigenvalue weighted by Gasteiger charge is 2.12. The van der Waals surface area contributed by atoms with E-state index in [1.807, 2.05) is 42.5 Å². The van der Waals surface area contributed by atoms with Crippen molar-refractivity contribution in [3.8, 4) is 5.75 Å². The van der Waals surface area contributed by atoms with Gasteiger partial charge in [0.05, 0.1) is 17.0 Å². The topological polar surface area (TPSA) is 9.23 Å². The molecule has 1 nitrogen and oxygen atoms in total. The minimum Gasteiger partial charge on any atom is -0.496 e. The molecule has 2 aromatic rings. The summed E-state index contributed by atoms with van der Waals surface area (Å²) in [6.45, 7) is 0. The van der Waals surface area contributed by atoms with Crippen LogP contribution in [0.5, 0.6) is 5.75 Å². The van der Waals surface area contributed by atoms with Crippen LogP contribution in [-0.2, 0) is 0 Å². The number of benzene rings is 2. The highest BCUT2D eigenvalue weighted by Crippen LogP contribution is 2.34. The van der Waals surface area contributed by atoms with Crippen molar-refractivity contribution in [3.05, 3.63) is 63.1 Å². The fourth-order valence-corrected chi connectivity index (χ4v) is 2.63. The van der Waals surface area contributed by atoms with Crippen molar-refractivity contribution in [1.82, 2.24) is 0 Å². The highest BCUT2D eigenvalue weighted by atomic mass is 79.9. The molecule has 0 heterocycles. The van der Waals surface area contributed by atoms with Crippen LogP contribution in [-0.4, -0.2) is 7.11 Å². The van der Waals surface area contributed by atoms with Gasteiger partial charge in [-0.05, 0) is 51.3 Å². The third-order valence-corrected chi connectivity index (χ3v) is 4.01. The standard InChI is InChI=1S/C14H11BrCl2O/c1-18-13-7-4-10(8-12(13)15)14(17)9-2-5-11(16)6-3-9/h2-8,14H,1H3. The summed E-state index contributed by atoms with van der Waals surface area (Å²) in [4.78, 5) is 0. The van der Waals surface area contributed by atoms with E-state index in [1.54, 1.807) is 7.11 Å². The number of methoxy groups -OCH3 is 1. The zero-order valence-electron chi connectivity index (χ0n) is 9.66. The molecule has 1 unspecified atom stereocenters. The van der Waals surface area contributed by atoms with E-state index in [9.17, 15) is 0 Å². The molecule has 2 aromatic carbocycles. The molecule has 2 rings (SSSR count). The number of hydrogen-bond acceptors (Lipinski definition) is 1. The number of hydrogen-bond donors (Lipinski definition) is 0. The van der Waals surface area contributed by atoms with Gasteiger partial charge in [-0.1, -0.05) is 29.8 Å². The molecule has 0 aliphatic rings. The normalized spacial score (nSPS) is 12.2. The van der Waals surface area contributed by atoms with Gasteiger partial charge in [-0.15, -0.1) is 11.6 Å². The molecule has 18 heavy (non-hydrogen) atoms. The van der Waals surface area contributed by atoms with E-state index in [-0.39, 0.29) is 5.38 Å². The minimum atomic E-state index is -0.204. The van der Waals surface area contributed by atoms with Crippen LogP contribution in [0.2, 0.25) is 5.02 Å². The summed E-state index contributed by atoms with van der Waals surface area (Å²) in [5.74, 6) is 0.790. The quantitative estimate of drug-likeness (QED) is 0.673. The summed E-state index contributed by atoms with van der Waals surface area (Å²) in [7, 11) is 1.64. The first-order valence-corrected chi connectivity index (χ1v) is 6.95. The van der Waals surface area contributed by atoms with Crippen molar-refractivity contribution >= 4 is 39.1 Å². The number of ether oxygens (including phenoxy) is 1. The molecule has 0 bridgehead atoms. The van der Waals surface area contributed by atoms with Crippen LogP contribution < -0.4 is 4.74 Å². The Hall–Kier alpha value is -0.700. The molecule has 0 amide bonds. The summed E-state index contributed by atoms with van der Waals surface area (Å²) < 4.78 is 6.08. The lowest BCUT2D eigenvalue weighted by Crippen LogP contribution is -1.94. The van der Waals surface area contributed by atoms with Crippen LogP contribution in [0.1, 0.15) is 16.5 Å². The molecular weight excluding hydrogens is 335 g/mol. The van der Waals surface area contributed by atoms with Crippen molar-refractivity contribution in [2.24, 2.45) is 0 Å². The Kier molecular flexibility index (Phi) is 4.55. The maximum Gasteiger partial charge on any atom is 0.133 e. The Balaban J connectivity index is 2.31. The summed E-state index contributed by atoms with van der Waals surface area (Å²) in [5.41, 5.74) is 2.02. The molecule has 0 radical (unpaired) electrons. The SMILES string of the molecule is COc1ccc(C(Cl)c2ccc(Cl)cc2)cc1Br. The van der Waals surface area contributed by atoms with E-state index in [1.165, 1.54) is 0 Å². The van der Waals surface area contributed by atoms with Gasteiger partial charge < -0.3 is 4.74 Å². The first-order chi connectivity index (χ1) is 8.61. The zero-order valence-corrected chi connectivity index (χ0v) is 12.8. The van der Waals surface area contributed by atoms with Gasteiger partial charge in [0.25, 0.3) is 0 Å². The lowest BCUT2D eigenvalue weighted by Gasteiger charge is -2.12. The molecule has 0 aliphatic heterocycles. The molecule has 4 heteroatoms. The van der Waals surface area contributed by atoms with Crippen molar-refractivity contribution in [3.63, 3.8) is 0 Å². The Morgan fingerprint density at radius 3 is 2.22 bits per heavy atom. The molecule has 1 atom stereocenters. The number of halogens is 3. The maximum absolute atomic E-state index is 6.45. The lowest BCUT2D eigenvalue weighted by atomic mass is 10.0. The van der Waals surface area contributed by atoms with E-state index in [2.05, 4.69) is 15.9 Å². The van der Waals surface area contributed by atoms with Crippen molar-refractivity contribution in [2.75, 3.05) is 7.11 Å². The van der Waals surface area contributed by atoms with E-state index < -0.39 is 0 Å². The predicted molar refractivity (Wildman–Crippen MR) is 79.8 cm³/mol. The van der Waals surface area contributed by atoms with E-state index in [0.29, 0.717) is 5.02 Å². The third-order valence-electron chi connectivity index (χ3n) is 2.63. The average molecular weight is 346 g/mol. The van der Waals surface area contributed by atoms with Gasteiger partial charge in [0.1, 0.15) is 5.75 Å². The summed E-state index contributed by atoms with van der Waals surface area (Å²) >= 11 is 15.8. The van der Waals surface area contributed by atoms with Gasteiger partial charge >= 0.3 is 0 Å². The molecule has 0 N–H and O–H groups in total. The molecule has 94 valence electrons. The second kappa shape index (κ2) is 5.96. The van der Waals surface area contributed by atoms with Crippen molar-refractivity contribution in [2.45, 2.75) is 5.38 Å². The summed E-state index contributed by atoms with van der Waals surface area (Å²) in [6, 6.07) is 13.3. The molecule has 0 aromatic heterocycles. The van der Waals surface area contributed by atoms with Crippen molar-refractivity contribution < 1.29 is 4.74 Å². The molecule has 0 spiro atoms. The summed E-state index contributed by atoms with van der Waals surface area (Å²) in [5, 5.41) is 0.503. The van der Waals surface area contributed by atoms with E-state index in [4.69, 9.17) is 27.9 Å². The number of rotatable bonds is 3. The first-order valence-electron chi connectivity index (χ1n) is 5.35. The van der Waals surface area contributed by atoms with Crippen LogP contribution in [0.15, 0.2) is 46.9 Å². The second-order valence-corrected chi connectivity index (χ2v) is 5.54. The lowest BCUT2D eigenvalue weighted by molar-refractivity contribution is 0.412. The van der Waals surface area contributed by atoms with E-state index >= 15 is 0 Å². The average Bonchev–Trinajstić information content (AvgIpc) is 2.38. The Bertz CT molecular complexity index is 540. The Morgan fingerprint density at radius 1 is 1.06 bits per heavy atom. The van der Waals surface area contributed by atoms with Crippen LogP contribution in [0.3, 0.4) is 0 Å². The van der Waals surface area contributed by atoms with Crippen LogP contribution in [0.4, 0.5) is 0 Å². The van der Waals surface area contributed by atoms with Crippen LogP contribution in [0.25, 0.3) is 0 Å². The second-order valence-electron chi connectivity index (χ2n) is 3.81. The molecule has 0 saturated carbocycles. The van der Waals surface area contributed by atoms with Gasteiger partial charge in [-0.25, -0.2) is 0 Å². The monoisotopic (exact) mass is 344 g/mol. The van der Waals surface area contributed by atoms with Crippen LogP contribution in [0, 0.1) is 0 Å². The maximum atomic E-state index is 6.45. The van der Waals surface area contributed by atoms with Gasteiger partial charge in [0, 0.05) is 5.02 Å². The van der Waals surface area contributed by atoms with Crippen molar-refractivity contribution in [1.29, 1.82) is 0 Å². The van der Waals surface area contributed by atoms with Gasteiger partial charge in [-0.2, -0.15) is 0 Å². The highest BCUT2D eigenvalue weighted by molar-refractivity contribution is 9.10.